The standard InChI is InChI=1S/C32H33FN6O5/c1-3-37-12-14-38(15-13-37)29-11-10-28(41)30(36-29)25-9-5-21(16-27(25)33)4-7-23(35-32(43)34-20-40)19-39-18-22-6-8-24(44-2)17-26(22)31(39)42/h5-6,8-11,16-17,20,23,41H,3,12-15,18-19H2,1-2H3,(H2,34,35,40,43)/t23-/m1/s1. The first-order valence-corrected chi connectivity index (χ1v) is 14.2. The number of hydrogen-bond donors (Lipinski definition) is 3. The summed E-state index contributed by atoms with van der Waals surface area (Å²) in [7, 11) is 1.52. The van der Waals surface area contributed by atoms with Crippen LogP contribution in [0.1, 0.15) is 28.4 Å². The van der Waals surface area contributed by atoms with E-state index in [0.29, 0.717) is 29.2 Å². The largest absolute Gasteiger partial charge is 0.506 e. The van der Waals surface area contributed by atoms with Gasteiger partial charge in [-0.15, -0.1) is 0 Å². The van der Waals surface area contributed by atoms with Crippen molar-refractivity contribution >= 4 is 24.2 Å². The van der Waals surface area contributed by atoms with Gasteiger partial charge >= 0.3 is 6.03 Å². The maximum absolute atomic E-state index is 15.4. The minimum Gasteiger partial charge on any atom is -0.506 e. The van der Waals surface area contributed by atoms with Crippen molar-refractivity contribution in [3.63, 3.8) is 0 Å². The molecule has 2 aliphatic heterocycles. The summed E-state index contributed by atoms with van der Waals surface area (Å²) in [5.41, 5.74) is 1.86. The lowest BCUT2D eigenvalue weighted by atomic mass is 10.1. The summed E-state index contributed by atoms with van der Waals surface area (Å²) in [6.07, 6.45) is 0.237. The van der Waals surface area contributed by atoms with E-state index in [-0.39, 0.29) is 35.9 Å². The van der Waals surface area contributed by atoms with Gasteiger partial charge in [0.25, 0.3) is 5.91 Å². The number of nitrogens with zero attached hydrogens (tertiary/aromatic N) is 4. The first-order chi connectivity index (χ1) is 21.3. The van der Waals surface area contributed by atoms with E-state index in [1.165, 1.54) is 30.2 Å². The Bertz CT molecular complexity index is 1630. The number of aromatic hydroxyl groups is 1. The number of likely N-dealkylation sites (N-methyl/N-ethyl adjacent to an activating group) is 1. The van der Waals surface area contributed by atoms with Gasteiger partial charge in [0, 0.05) is 49.4 Å². The van der Waals surface area contributed by atoms with Gasteiger partial charge in [0.05, 0.1) is 13.7 Å². The van der Waals surface area contributed by atoms with Crippen LogP contribution < -0.4 is 20.3 Å². The van der Waals surface area contributed by atoms with Crippen molar-refractivity contribution < 1.29 is 28.6 Å². The molecule has 11 nitrogen and oxygen atoms in total. The zero-order chi connectivity index (χ0) is 31.2. The second-order valence-corrected chi connectivity index (χ2v) is 10.4. The highest BCUT2D eigenvalue weighted by Crippen LogP contribution is 2.32. The lowest BCUT2D eigenvalue weighted by molar-refractivity contribution is -0.108. The van der Waals surface area contributed by atoms with Crippen LogP contribution >= 0.6 is 0 Å². The molecule has 0 aliphatic carbocycles. The molecule has 4 amide bonds. The third-order valence-corrected chi connectivity index (χ3v) is 7.71. The van der Waals surface area contributed by atoms with Crippen LogP contribution in [0.2, 0.25) is 0 Å². The fourth-order valence-corrected chi connectivity index (χ4v) is 5.28. The van der Waals surface area contributed by atoms with Crippen LogP contribution in [-0.4, -0.2) is 90.7 Å². The number of urea groups is 1. The van der Waals surface area contributed by atoms with Crippen molar-refractivity contribution in [1.29, 1.82) is 0 Å². The smallest absolute Gasteiger partial charge is 0.322 e. The molecule has 0 unspecified atom stereocenters. The molecule has 1 aromatic heterocycles. The van der Waals surface area contributed by atoms with E-state index >= 15 is 4.39 Å². The van der Waals surface area contributed by atoms with E-state index in [1.54, 1.807) is 30.3 Å². The number of benzene rings is 2. The number of amides is 4. The van der Waals surface area contributed by atoms with E-state index in [9.17, 15) is 19.5 Å². The molecule has 2 aromatic carbocycles. The van der Waals surface area contributed by atoms with Gasteiger partial charge in [-0.05, 0) is 54.6 Å². The van der Waals surface area contributed by atoms with Crippen molar-refractivity contribution in [1.82, 2.24) is 25.4 Å². The van der Waals surface area contributed by atoms with E-state index < -0.39 is 17.9 Å². The van der Waals surface area contributed by atoms with Gasteiger partial charge in [0.2, 0.25) is 6.41 Å². The average molecular weight is 601 g/mol. The van der Waals surface area contributed by atoms with E-state index in [1.807, 2.05) is 5.32 Å². The van der Waals surface area contributed by atoms with Crippen molar-refractivity contribution in [3.8, 4) is 34.6 Å². The van der Waals surface area contributed by atoms with Gasteiger partial charge in [-0.1, -0.05) is 24.8 Å². The van der Waals surface area contributed by atoms with Gasteiger partial charge in [0.15, 0.2) is 0 Å². The Balaban J connectivity index is 1.34. The fraction of sp³-hybridized carbons (Fsp3) is 0.312. The Kier molecular flexibility index (Phi) is 9.26. The number of anilines is 1. The molecule has 5 rings (SSSR count). The summed E-state index contributed by atoms with van der Waals surface area (Å²) in [4.78, 5) is 46.5. The summed E-state index contributed by atoms with van der Waals surface area (Å²) < 4.78 is 20.6. The van der Waals surface area contributed by atoms with Crippen molar-refractivity contribution in [2.45, 2.75) is 19.5 Å². The molecule has 0 bridgehead atoms. The van der Waals surface area contributed by atoms with Crippen molar-refractivity contribution in [2.75, 3.05) is 51.3 Å². The number of hydrogen-bond acceptors (Lipinski definition) is 8. The highest BCUT2D eigenvalue weighted by atomic mass is 19.1. The molecular weight excluding hydrogens is 567 g/mol. The highest BCUT2D eigenvalue weighted by Gasteiger charge is 2.30. The van der Waals surface area contributed by atoms with Gasteiger partial charge in [-0.25, -0.2) is 14.2 Å². The summed E-state index contributed by atoms with van der Waals surface area (Å²) >= 11 is 0. The molecule has 1 saturated heterocycles. The Hall–Kier alpha value is -5.15. The van der Waals surface area contributed by atoms with Gasteiger partial charge in [-0.3, -0.25) is 14.9 Å². The number of carbonyl (C=O) groups is 3. The van der Waals surface area contributed by atoms with E-state index in [2.05, 4.69) is 38.9 Å². The van der Waals surface area contributed by atoms with Crippen molar-refractivity contribution in [2.24, 2.45) is 0 Å². The van der Waals surface area contributed by atoms with Crippen LogP contribution in [0.15, 0.2) is 48.5 Å². The van der Waals surface area contributed by atoms with Gasteiger partial charge in [-0.2, -0.15) is 0 Å². The Labute approximate surface area is 254 Å². The summed E-state index contributed by atoms with van der Waals surface area (Å²) in [5, 5.41) is 15.1. The molecular formula is C32H33FN6O5. The van der Waals surface area contributed by atoms with Crippen LogP contribution in [0, 0.1) is 17.7 Å². The first kappa shape index (κ1) is 30.3. The molecule has 1 atom stereocenters. The third-order valence-electron chi connectivity index (χ3n) is 7.71. The topological polar surface area (TPSA) is 127 Å². The quantitative estimate of drug-likeness (QED) is 0.266. The summed E-state index contributed by atoms with van der Waals surface area (Å²) in [6, 6.07) is 11.1. The zero-order valence-electron chi connectivity index (χ0n) is 24.5. The SMILES string of the molecule is CCN1CCN(c2ccc(O)c(-c3ccc(C#C[C@H](CN4Cc5ccc(OC)cc5C4=O)NC(=O)NC=O)cc3F)n2)CC1. The third kappa shape index (κ3) is 6.74. The van der Waals surface area contributed by atoms with Crippen LogP contribution in [0.4, 0.5) is 15.0 Å². The zero-order valence-corrected chi connectivity index (χ0v) is 24.5. The monoisotopic (exact) mass is 600 g/mol. The van der Waals surface area contributed by atoms with Crippen LogP contribution in [-0.2, 0) is 11.3 Å². The molecule has 0 saturated carbocycles. The second kappa shape index (κ2) is 13.4. The number of pyridine rings is 1. The predicted molar refractivity (Wildman–Crippen MR) is 162 cm³/mol. The molecule has 12 heteroatoms. The second-order valence-electron chi connectivity index (χ2n) is 10.4. The highest BCUT2D eigenvalue weighted by molar-refractivity contribution is 5.98. The van der Waals surface area contributed by atoms with Crippen LogP contribution in [0.3, 0.4) is 0 Å². The molecule has 0 radical (unpaired) electrons. The normalized spacial score (nSPS) is 15.2. The van der Waals surface area contributed by atoms with E-state index in [0.717, 1.165) is 38.3 Å². The molecule has 3 heterocycles. The lowest BCUT2D eigenvalue weighted by Gasteiger charge is -2.34. The first-order valence-electron chi connectivity index (χ1n) is 14.2. The maximum atomic E-state index is 15.4. The average Bonchev–Trinajstić information content (AvgIpc) is 3.34. The molecule has 44 heavy (non-hydrogen) atoms. The minimum atomic E-state index is -0.881. The number of ether oxygens (including phenoxy) is 1. The maximum Gasteiger partial charge on any atom is 0.322 e. The number of nitrogens with one attached hydrogen (secondary N) is 2. The summed E-state index contributed by atoms with van der Waals surface area (Å²) in [5.74, 6) is 5.93. The summed E-state index contributed by atoms with van der Waals surface area (Å²) in [6.45, 7) is 6.79. The predicted octanol–water partition coefficient (Wildman–Crippen LogP) is 2.58. The lowest BCUT2D eigenvalue weighted by Crippen LogP contribution is -2.46. The fourth-order valence-electron chi connectivity index (χ4n) is 5.28. The Morgan fingerprint density at radius 3 is 2.64 bits per heavy atom. The number of piperazine rings is 1. The molecule has 3 aromatic rings. The van der Waals surface area contributed by atoms with Crippen molar-refractivity contribution in [3.05, 3.63) is 71.0 Å². The number of aromatic nitrogens is 1. The number of rotatable bonds is 8. The van der Waals surface area contributed by atoms with Crippen LogP contribution in [0.25, 0.3) is 11.3 Å². The molecule has 3 N–H and O–H groups in total. The number of methoxy groups -OCH3 is 1. The number of carbonyl (C=O) groups excluding carboxylic acids is 3. The Morgan fingerprint density at radius 2 is 1.93 bits per heavy atom. The van der Waals surface area contributed by atoms with Gasteiger partial charge < -0.3 is 29.9 Å². The molecule has 0 spiro atoms. The molecule has 1 fully saturated rings. The van der Waals surface area contributed by atoms with Gasteiger partial charge in [0.1, 0.15) is 34.9 Å². The number of halogens is 1. The molecule has 2 aliphatic rings. The molecule has 228 valence electrons. The number of imide groups is 1. The van der Waals surface area contributed by atoms with Crippen LogP contribution in [0.5, 0.6) is 11.5 Å². The van der Waals surface area contributed by atoms with E-state index in [4.69, 9.17) is 4.74 Å². The number of fused-ring (bicyclic) bond motifs is 1. The minimum absolute atomic E-state index is 0.0206. The Morgan fingerprint density at radius 1 is 1.14 bits per heavy atom.